The van der Waals surface area contributed by atoms with Crippen LogP contribution in [-0.4, -0.2) is 43.8 Å². The summed E-state index contributed by atoms with van der Waals surface area (Å²) in [5, 5.41) is 19.5. The Labute approximate surface area is 338 Å². The minimum absolute atomic E-state index is 0.0443. The van der Waals surface area contributed by atoms with E-state index in [0.717, 1.165) is 60.9 Å². The minimum Gasteiger partial charge on any atom is -0.349 e. The van der Waals surface area contributed by atoms with E-state index in [4.69, 9.17) is 21.6 Å². The predicted molar refractivity (Wildman–Crippen MR) is 228 cm³/mol. The van der Waals surface area contributed by atoms with Gasteiger partial charge in [-0.05, 0) is 85.7 Å². The number of aliphatic imine (C=N–C) groups is 1. The number of aryl methyl sites for hydroxylation is 3. The van der Waals surface area contributed by atoms with Gasteiger partial charge in [-0.25, -0.2) is 4.98 Å². The number of amides is 2. The molecule has 6 aromatic rings. The van der Waals surface area contributed by atoms with Crippen LogP contribution in [0.3, 0.4) is 0 Å². The van der Waals surface area contributed by atoms with Crippen molar-refractivity contribution in [1.29, 1.82) is 0 Å². The summed E-state index contributed by atoms with van der Waals surface area (Å²) in [5.74, 6) is 1.74. The average molecular weight is 798 g/mol. The standard InChI is InChI=1S/C44H40ClN7O2S2/c1-3-20-46-43(54)35-22-29(15-18-33-24-36-42(34-12-4-5-13-37(34)45)47-25-39-51-50-27(2)52(39)44(36)56-33)14-17-31(35)23-40(53)48-32-11-6-8-28(21-32)16-19-41-49-38(26-55-41)30-9-7-10-30/h3-6,8,11-14,16-17,19,21-22,24,26,30H,1,7,9-10,15,18,20,23,25H2,2H3,(H,46,54)(H,48,53)/b19-16+. The summed E-state index contributed by atoms with van der Waals surface area (Å²) >= 11 is 10.0. The van der Waals surface area contributed by atoms with Crippen molar-refractivity contribution in [1.82, 2.24) is 25.1 Å². The lowest BCUT2D eigenvalue weighted by molar-refractivity contribution is -0.115. The van der Waals surface area contributed by atoms with Crippen LogP contribution in [-0.2, 0) is 30.6 Å². The maximum atomic E-state index is 13.4. The lowest BCUT2D eigenvalue weighted by Gasteiger charge is -2.22. The van der Waals surface area contributed by atoms with Gasteiger partial charge in [-0.15, -0.1) is 39.4 Å². The quantitative estimate of drug-likeness (QED) is 0.113. The summed E-state index contributed by atoms with van der Waals surface area (Å²) in [6.45, 7) is 6.41. The molecule has 2 N–H and O–H groups in total. The Hall–Kier alpha value is -5.49. The summed E-state index contributed by atoms with van der Waals surface area (Å²) in [6.07, 6.45) is 10.9. The Morgan fingerprint density at radius 3 is 2.70 bits per heavy atom. The number of thiophene rings is 1. The molecule has 0 bridgehead atoms. The second kappa shape index (κ2) is 16.7. The summed E-state index contributed by atoms with van der Waals surface area (Å²) in [5.41, 5.74) is 7.65. The third-order valence-corrected chi connectivity index (χ3v) is 12.4. The van der Waals surface area contributed by atoms with Crippen molar-refractivity contribution < 1.29 is 9.59 Å². The molecule has 12 heteroatoms. The van der Waals surface area contributed by atoms with Crippen LogP contribution >= 0.6 is 34.3 Å². The fourth-order valence-electron chi connectivity index (χ4n) is 6.99. The van der Waals surface area contributed by atoms with Gasteiger partial charge in [0, 0.05) is 50.1 Å². The molecule has 4 heterocycles. The van der Waals surface area contributed by atoms with Gasteiger partial charge in [-0.1, -0.05) is 72.6 Å². The Kier molecular flexibility index (Phi) is 11.2. The number of fused-ring (bicyclic) bond motifs is 3. The van der Waals surface area contributed by atoms with Gasteiger partial charge in [0.2, 0.25) is 5.91 Å². The lowest BCUT2D eigenvalue weighted by atomic mass is 9.83. The van der Waals surface area contributed by atoms with Crippen molar-refractivity contribution in [3.05, 3.63) is 156 Å². The molecule has 8 rings (SSSR count). The number of benzene rings is 3. The molecule has 3 aromatic heterocycles. The number of hydrogen-bond donors (Lipinski definition) is 2. The van der Waals surface area contributed by atoms with Crippen molar-refractivity contribution in [3.8, 4) is 5.00 Å². The van der Waals surface area contributed by atoms with E-state index in [1.807, 2.05) is 85.8 Å². The van der Waals surface area contributed by atoms with Crippen LogP contribution in [0.5, 0.6) is 0 Å². The van der Waals surface area contributed by atoms with E-state index in [1.165, 1.54) is 25.0 Å². The lowest BCUT2D eigenvalue weighted by Crippen LogP contribution is -2.26. The molecule has 56 heavy (non-hydrogen) atoms. The third-order valence-electron chi connectivity index (χ3n) is 10.1. The molecule has 282 valence electrons. The van der Waals surface area contributed by atoms with E-state index in [2.05, 4.69) is 43.4 Å². The average Bonchev–Trinajstić information content (AvgIpc) is 3.89. The van der Waals surface area contributed by atoms with E-state index < -0.39 is 0 Å². The fourth-order valence-corrected chi connectivity index (χ4v) is 9.23. The van der Waals surface area contributed by atoms with E-state index in [9.17, 15) is 9.59 Å². The van der Waals surface area contributed by atoms with Crippen LogP contribution in [0.2, 0.25) is 5.02 Å². The van der Waals surface area contributed by atoms with E-state index in [-0.39, 0.29) is 18.2 Å². The minimum atomic E-state index is -0.247. The Bertz CT molecular complexity index is 2510. The summed E-state index contributed by atoms with van der Waals surface area (Å²) < 4.78 is 2.08. The van der Waals surface area contributed by atoms with Crippen LogP contribution in [0.25, 0.3) is 17.2 Å². The number of nitrogens with one attached hydrogen (secondary N) is 2. The zero-order valence-corrected chi connectivity index (χ0v) is 33.3. The largest absolute Gasteiger partial charge is 0.349 e. The number of carbonyl (C=O) groups is 2. The molecule has 0 unspecified atom stereocenters. The maximum absolute atomic E-state index is 13.4. The molecule has 3 aromatic carbocycles. The highest BCUT2D eigenvalue weighted by Gasteiger charge is 2.26. The second-order valence-corrected chi connectivity index (χ2v) is 16.4. The van der Waals surface area contributed by atoms with E-state index >= 15 is 0 Å². The highest BCUT2D eigenvalue weighted by Crippen LogP contribution is 2.37. The molecular formula is C44H40ClN7O2S2. The molecule has 0 saturated heterocycles. The van der Waals surface area contributed by atoms with Crippen molar-refractivity contribution in [2.24, 2.45) is 4.99 Å². The number of aromatic nitrogens is 4. The number of thiazole rings is 1. The SMILES string of the molecule is C=CCNC(=O)c1cc(CCc2cc3c(s2)-n2c(C)nnc2CN=C3c2ccccc2Cl)ccc1CC(=O)Nc1cccc(/C=C/c2nc(C3CCC3)cs2)c1. The molecule has 2 aliphatic rings. The van der Waals surface area contributed by atoms with Crippen molar-refractivity contribution >= 4 is 69.6 Å². The molecular weight excluding hydrogens is 758 g/mol. The Balaban J connectivity index is 0.980. The smallest absolute Gasteiger partial charge is 0.251 e. The normalized spacial score (nSPS) is 13.7. The second-order valence-electron chi connectivity index (χ2n) is 14.0. The molecule has 1 saturated carbocycles. The number of carbonyl (C=O) groups excluding carboxylic acids is 2. The third kappa shape index (κ3) is 8.21. The van der Waals surface area contributed by atoms with Gasteiger partial charge in [0.25, 0.3) is 5.91 Å². The number of anilines is 1. The van der Waals surface area contributed by atoms with Gasteiger partial charge < -0.3 is 10.6 Å². The number of rotatable bonds is 13. The van der Waals surface area contributed by atoms with Gasteiger partial charge in [-0.2, -0.15) is 0 Å². The van der Waals surface area contributed by atoms with Crippen LogP contribution in [0.1, 0.15) is 90.6 Å². The molecule has 0 atom stereocenters. The number of halogens is 1. The van der Waals surface area contributed by atoms with Crippen LogP contribution in [0.15, 0.2) is 95.8 Å². The van der Waals surface area contributed by atoms with Gasteiger partial charge in [0.05, 0.1) is 17.8 Å². The fraction of sp³-hybridized carbons (Fsp3) is 0.227. The van der Waals surface area contributed by atoms with Crippen LogP contribution in [0.4, 0.5) is 5.69 Å². The zero-order valence-electron chi connectivity index (χ0n) is 30.9. The Morgan fingerprint density at radius 1 is 1.00 bits per heavy atom. The molecule has 1 aliphatic heterocycles. The topological polar surface area (TPSA) is 114 Å². The first kappa shape index (κ1) is 37.4. The van der Waals surface area contributed by atoms with E-state index in [1.54, 1.807) is 28.7 Å². The van der Waals surface area contributed by atoms with Crippen molar-refractivity contribution in [2.75, 3.05) is 11.9 Å². The van der Waals surface area contributed by atoms with E-state index in [0.29, 0.717) is 47.3 Å². The molecule has 0 radical (unpaired) electrons. The van der Waals surface area contributed by atoms with Crippen LogP contribution in [0, 0.1) is 6.92 Å². The number of nitrogens with zero attached hydrogens (tertiary/aromatic N) is 5. The molecule has 9 nitrogen and oxygen atoms in total. The summed E-state index contributed by atoms with van der Waals surface area (Å²) in [6, 6.07) is 23.5. The predicted octanol–water partition coefficient (Wildman–Crippen LogP) is 9.42. The highest BCUT2D eigenvalue weighted by molar-refractivity contribution is 7.15. The van der Waals surface area contributed by atoms with Gasteiger partial charge in [-0.3, -0.25) is 19.1 Å². The van der Waals surface area contributed by atoms with Gasteiger partial charge in [0.1, 0.15) is 22.4 Å². The molecule has 2 amide bonds. The maximum Gasteiger partial charge on any atom is 0.251 e. The zero-order chi connectivity index (χ0) is 38.6. The van der Waals surface area contributed by atoms with Gasteiger partial charge >= 0.3 is 0 Å². The first-order chi connectivity index (χ1) is 27.3. The highest BCUT2D eigenvalue weighted by atomic mass is 35.5. The molecule has 1 aliphatic carbocycles. The first-order valence-electron chi connectivity index (χ1n) is 18.7. The number of hydrogen-bond acceptors (Lipinski definition) is 8. The monoisotopic (exact) mass is 797 g/mol. The molecule has 1 fully saturated rings. The van der Waals surface area contributed by atoms with Crippen molar-refractivity contribution in [3.63, 3.8) is 0 Å². The first-order valence-corrected chi connectivity index (χ1v) is 20.8. The van der Waals surface area contributed by atoms with Gasteiger partial charge in [0.15, 0.2) is 5.82 Å². The Morgan fingerprint density at radius 2 is 1.88 bits per heavy atom. The summed E-state index contributed by atoms with van der Waals surface area (Å²) in [4.78, 5) is 37.7. The summed E-state index contributed by atoms with van der Waals surface area (Å²) in [7, 11) is 0. The molecule has 0 spiro atoms. The van der Waals surface area contributed by atoms with Crippen molar-refractivity contribution in [2.45, 2.75) is 57.9 Å². The van der Waals surface area contributed by atoms with Crippen LogP contribution < -0.4 is 10.6 Å².